The number of aliphatic hydroxyl groups is 3. The molecule has 6 atom stereocenters. The highest BCUT2D eigenvalue weighted by Gasteiger charge is 2.48. The largest absolute Gasteiger partial charge is 0.457 e. The van der Waals surface area contributed by atoms with Crippen molar-refractivity contribution in [3.63, 3.8) is 0 Å². The molecule has 1 aliphatic rings. The summed E-state index contributed by atoms with van der Waals surface area (Å²) < 4.78 is 59.4. The molecular formula is C54H104O12S. The van der Waals surface area contributed by atoms with Gasteiger partial charge in [0.25, 0.3) is 0 Å². The van der Waals surface area contributed by atoms with Gasteiger partial charge in [0, 0.05) is 13.0 Å². The van der Waals surface area contributed by atoms with Crippen molar-refractivity contribution in [2.45, 2.75) is 301 Å². The van der Waals surface area contributed by atoms with Gasteiger partial charge in [-0.3, -0.25) is 9.35 Å². The van der Waals surface area contributed by atoms with Crippen molar-refractivity contribution in [2.75, 3.05) is 26.4 Å². The SMILES string of the molecule is CCCCCCCC/C=C\CCCCCCCCCCCCOCC(COC1OC(CO)C(O)C(OS(=O)(=O)O)C1O)OC(=O)CCCCCCCCCCCCCCCCCCCCCC. The summed E-state index contributed by atoms with van der Waals surface area (Å²) in [6, 6.07) is 0. The van der Waals surface area contributed by atoms with Crippen LogP contribution >= 0.6 is 0 Å². The number of ether oxygens (including phenoxy) is 4. The van der Waals surface area contributed by atoms with Crippen LogP contribution in [0.3, 0.4) is 0 Å². The molecule has 12 nitrogen and oxygen atoms in total. The highest BCUT2D eigenvalue weighted by molar-refractivity contribution is 7.80. The van der Waals surface area contributed by atoms with Crippen LogP contribution in [0.25, 0.3) is 0 Å². The van der Waals surface area contributed by atoms with Crippen molar-refractivity contribution in [2.24, 2.45) is 0 Å². The predicted molar refractivity (Wildman–Crippen MR) is 271 cm³/mol. The molecule has 1 saturated heterocycles. The monoisotopic (exact) mass is 977 g/mol. The fourth-order valence-electron chi connectivity index (χ4n) is 8.91. The van der Waals surface area contributed by atoms with Gasteiger partial charge in [0.15, 0.2) is 6.29 Å². The molecule has 1 heterocycles. The van der Waals surface area contributed by atoms with Gasteiger partial charge in [0.2, 0.25) is 0 Å². The Kier molecular flexibility index (Phi) is 43.8. The molecule has 0 aromatic heterocycles. The van der Waals surface area contributed by atoms with Crippen LogP contribution in [0.2, 0.25) is 0 Å². The predicted octanol–water partition coefficient (Wildman–Crippen LogP) is 13.4. The van der Waals surface area contributed by atoms with Gasteiger partial charge in [-0.1, -0.05) is 231 Å². The minimum Gasteiger partial charge on any atom is -0.457 e. The lowest BCUT2D eigenvalue weighted by atomic mass is 9.99. The summed E-state index contributed by atoms with van der Waals surface area (Å²) in [7, 11) is -5.06. The van der Waals surface area contributed by atoms with E-state index in [0.717, 1.165) is 38.5 Å². The maximum absolute atomic E-state index is 12.9. The van der Waals surface area contributed by atoms with Crippen molar-refractivity contribution in [3.05, 3.63) is 12.2 Å². The smallest absolute Gasteiger partial charge is 0.397 e. The lowest BCUT2D eigenvalue weighted by molar-refractivity contribution is -0.301. The summed E-state index contributed by atoms with van der Waals surface area (Å²) >= 11 is 0. The van der Waals surface area contributed by atoms with E-state index in [1.165, 1.54) is 199 Å². The van der Waals surface area contributed by atoms with Crippen LogP contribution < -0.4 is 0 Å². The van der Waals surface area contributed by atoms with Crippen LogP contribution in [0.15, 0.2) is 12.2 Å². The average Bonchev–Trinajstić information content (AvgIpc) is 3.30. The minimum absolute atomic E-state index is 0.0414. The first-order valence-corrected chi connectivity index (χ1v) is 29.3. The second-order valence-electron chi connectivity index (χ2n) is 19.5. The summed E-state index contributed by atoms with van der Waals surface area (Å²) in [6.45, 7) is 4.05. The quantitative estimate of drug-likeness (QED) is 0.0197. The Hall–Kier alpha value is -1.16. The van der Waals surface area contributed by atoms with Crippen LogP contribution in [-0.4, -0.2) is 97.5 Å². The summed E-state index contributed by atoms with van der Waals surface area (Å²) in [4.78, 5) is 12.9. The van der Waals surface area contributed by atoms with Crippen LogP contribution in [0.1, 0.15) is 264 Å². The van der Waals surface area contributed by atoms with E-state index in [4.69, 9.17) is 18.9 Å². The fraction of sp³-hybridized carbons (Fsp3) is 0.944. The number of rotatable bonds is 50. The molecule has 6 unspecified atom stereocenters. The van der Waals surface area contributed by atoms with Gasteiger partial charge >= 0.3 is 16.4 Å². The summed E-state index contributed by atoms with van der Waals surface area (Å²) in [5.41, 5.74) is 0. The Labute approximate surface area is 410 Å². The molecule has 0 radical (unpaired) electrons. The van der Waals surface area contributed by atoms with E-state index in [-0.39, 0.29) is 19.6 Å². The number of allylic oxidation sites excluding steroid dienone is 2. The number of carbonyl (C=O) groups excluding carboxylic acids is 1. The summed E-state index contributed by atoms with van der Waals surface area (Å²) in [6.07, 6.45) is 43.9. The molecule has 0 amide bonds. The first-order valence-electron chi connectivity index (χ1n) is 27.9. The molecule has 1 fully saturated rings. The average molecular weight is 977 g/mol. The molecule has 13 heteroatoms. The van der Waals surface area contributed by atoms with Gasteiger partial charge in [-0.05, 0) is 38.5 Å². The molecule has 1 rings (SSSR count). The minimum atomic E-state index is -5.06. The zero-order chi connectivity index (χ0) is 48.9. The second kappa shape index (κ2) is 45.9. The summed E-state index contributed by atoms with van der Waals surface area (Å²) in [5.74, 6) is -0.392. The van der Waals surface area contributed by atoms with Gasteiger partial charge in [-0.25, -0.2) is 4.18 Å². The standard InChI is InChI=1S/C54H104O12S/c1-3-5-7-9-11-13-15-17-19-21-23-25-27-29-31-33-35-37-39-41-43-50(56)64-48(47-63-54-52(58)53(66-67(59,60)61)51(57)49(45-55)65-54)46-62-44-42-40-38-36-34-32-30-28-26-24-22-20-18-16-14-12-10-8-6-4-2/h18,20,48-49,51-55,57-58H,3-17,19,21-47H2,1-2H3,(H,59,60,61)/b20-18-. The molecule has 0 bridgehead atoms. The zero-order valence-corrected chi connectivity index (χ0v) is 43.8. The molecule has 0 aromatic rings. The molecule has 0 aliphatic carbocycles. The Bertz CT molecular complexity index is 1220. The van der Waals surface area contributed by atoms with Crippen LogP contribution in [0, 0.1) is 0 Å². The lowest BCUT2D eigenvalue weighted by Gasteiger charge is -2.41. The lowest BCUT2D eigenvalue weighted by Crippen LogP contribution is -2.60. The van der Waals surface area contributed by atoms with Crippen LogP contribution in [0.4, 0.5) is 0 Å². The van der Waals surface area contributed by atoms with E-state index in [2.05, 4.69) is 30.2 Å². The molecule has 67 heavy (non-hydrogen) atoms. The number of aliphatic hydroxyl groups excluding tert-OH is 3. The zero-order valence-electron chi connectivity index (χ0n) is 43.0. The number of hydrogen-bond donors (Lipinski definition) is 4. The normalized spacial score (nSPS) is 19.4. The van der Waals surface area contributed by atoms with Gasteiger partial charge < -0.3 is 34.3 Å². The van der Waals surface area contributed by atoms with Gasteiger partial charge in [0.05, 0.1) is 19.8 Å². The molecule has 398 valence electrons. The third-order valence-electron chi connectivity index (χ3n) is 13.1. The van der Waals surface area contributed by atoms with E-state index >= 15 is 0 Å². The first kappa shape index (κ1) is 63.9. The first-order chi connectivity index (χ1) is 32.6. The molecule has 0 saturated carbocycles. The number of carbonyl (C=O) groups is 1. The Morgan fingerprint density at radius 2 is 0.940 bits per heavy atom. The Balaban J connectivity index is 2.31. The third-order valence-corrected chi connectivity index (χ3v) is 13.6. The number of unbranched alkanes of at least 4 members (excludes halogenated alkanes) is 35. The molecule has 4 N–H and O–H groups in total. The van der Waals surface area contributed by atoms with Crippen molar-refractivity contribution in [3.8, 4) is 0 Å². The van der Waals surface area contributed by atoms with Crippen molar-refractivity contribution in [1.29, 1.82) is 0 Å². The molecule has 0 spiro atoms. The summed E-state index contributed by atoms with van der Waals surface area (Å²) in [5, 5.41) is 30.8. The van der Waals surface area contributed by atoms with Crippen molar-refractivity contribution >= 4 is 16.4 Å². The maximum Gasteiger partial charge on any atom is 0.397 e. The fourth-order valence-corrected chi connectivity index (χ4v) is 9.41. The van der Waals surface area contributed by atoms with Gasteiger partial charge in [-0.15, -0.1) is 0 Å². The van der Waals surface area contributed by atoms with E-state index in [0.29, 0.717) is 13.0 Å². The Morgan fingerprint density at radius 3 is 1.34 bits per heavy atom. The third kappa shape index (κ3) is 39.2. The van der Waals surface area contributed by atoms with E-state index in [1.807, 2.05) is 0 Å². The van der Waals surface area contributed by atoms with Crippen LogP contribution in [0.5, 0.6) is 0 Å². The van der Waals surface area contributed by atoms with E-state index < -0.39 is 59.8 Å². The van der Waals surface area contributed by atoms with Crippen molar-refractivity contribution in [1.82, 2.24) is 0 Å². The van der Waals surface area contributed by atoms with Gasteiger partial charge in [0.1, 0.15) is 30.5 Å². The number of esters is 1. The molecule has 0 aromatic carbocycles. The van der Waals surface area contributed by atoms with E-state index in [9.17, 15) is 33.1 Å². The Morgan fingerprint density at radius 1 is 0.552 bits per heavy atom. The highest BCUT2D eigenvalue weighted by Crippen LogP contribution is 2.26. The molecule has 1 aliphatic heterocycles. The topological polar surface area (TPSA) is 178 Å². The maximum atomic E-state index is 12.9. The number of hydrogen-bond acceptors (Lipinski definition) is 11. The van der Waals surface area contributed by atoms with Crippen molar-refractivity contribution < 1.29 is 56.2 Å². The van der Waals surface area contributed by atoms with Gasteiger partial charge in [-0.2, -0.15) is 8.42 Å². The highest BCUT2D eigenvalue weighted by atomic mass is 32.3. The van der Waals surface area contributed by atoms with E-state index in [1.54, 1.807) is 0 Å². The molecular weight excluding hydrogens is 873 g/mol. The second-order valence-corrected chi connectivity index (χ2v) is 20.6. The van der Waals surface area contributed by atoms with Crippen LogP contribution in [-0.2, 0) is 38.3 Å².